The second kappa shape index (κ2) is 4.85. The van der Waals surface area contributed by atoms with E-state index < -0.39 is 18.1 Å². The summed E-state index contributed by atoms with van der Waals surface area (Å²) in [5.74, 6) is -0.932. The summed E-state index contributed by atoms with van der Waals surface area (Å²) in [6, 6.07) is 7.16. The van der Waals surface area contributed by atoms with Crippen molar-refractivity contribution in [1.82, 2.24) is 0 Å². The highest BCUT2D eigenvalue weighted by molar-refractivity contribution is 5.79. The molecule has 1 aromatic rings. The molecule has 0 spiro atoms. The lowest BCUT2D eigenvalue weighted by atomic mass is 9.85. The van der Waals surface area contributed by atoms with Crippen molar-refractivity contribution in [3.63, 3.8) is 0 Å². The zero-order valence-electron chi connectivity index (χ0n) is 10.3. The predicted molar refractivity (Wildman–Crippen MR) is 65.3 cm³/mol. The molecule has 0 saturated carbocycles. The fourth-order valence-electron chi connectivity index (χ4n) is 1.53. The van der Waals surface area contributed by atoms with E-state index in [9.17, 15) is 15.0 Å². The van der Waals surface area contributed by atoms with E-state index in [1.807, 2.05) is 26.8 Å². The number of carbonyl (C=O) groups excluding carboxylic acids is 1. The topological polar surface area (TPSA) is 83.6 Å². The maximum absolute atomic E-state index is 10.8. The van der Waals surface area contributed by atoms with Crippen molar-refractivity contribution in [2.24, 2.45) is 5.73 Å². The monoisotopic (exact) mass is 237 g/mol. The zero-order valence-corrected chi connectivity index (χ0v) is 10.3. The Morgan fingerprint density at radius 3 is 2.35 bits per heavy atom. The molecule has 4 N–H and O–H groups in total. The summed E-state index contributed by atoms with van der Waals surface area (Å²) >= 11 is 0. The standard InChI is InChI=1S/C13H19NO3/c1-13(2,3)9-6-4-5-8(7-9)10(15)11(16)12(14)17/h4-7,10-11,15-16H,1-3H3,(H2,14,17). The molecular weight excluding hydrogens is 218 g/mol. The average Bonchev–Trinajstić information content (AvgIpc) is 2.26. The van der Waals surface area contributed by atoms with Gasteiger partial charge in [-0.3, -0.25) is 4.79 Å². The third kappa shape index (κ3) is 3.28. The normalized spacial score (nSPS) is 15.4. The highest BCUT2D eigenvalue weighted by Crippen LogP contribution is 2.26. The minimum Gasteiger partial charge on any atom is -0.385 e. The molecule has 1 amide bonds. The lowest BCUT2D eigenvalue weighted by molar-refractivity contribution is -0.131. The smallest absolute Gasteiger partial charge is 0.249 e. The van der Waals surface area contributed by atoms with E-state index in [0.717, 1.165) is 5.56 Å². The molecule has 2 unspecified atom stereocenters. The van der Waals surface area contributed by atoms with Gasteiger partial charge in [0.15, 0.2) is 6.10 Å². The average molecular weight is 237 g/mol. The van der Waals surface area contributed by atoms with Crippen molar-refractivity contribution < 1.29 is 15.0 Å². The number of rotatable bonds is 3. The number of primary amides is 1. The Hall–Kier alpha value is -1.39. The van der Waals surface area contributed by atoms with Gasteiger partial charge in [-0.15, -0.1) is 0 Å². The predicted octanol–water partition coefficient (Wildman–Crippen LogP) is 0.864. The molecular formula is C13H19NO3. The third-order valence-electron chi connectivity index (χ3n) is 2.68. The minimum atomic E-state index is -1.58. The SMILES string of the molecule is CC(C)(C)c1cccc(C(O)C(O)C(N)=O)c1. The van der Waals surface area contributed by atoms with Crippen LogP contribution in [0.2, 0.25) is 0 Å². The highest BCUT2D eigenvalue weighted by Gasteiger charge is 2.24. The van der Waals surface area contributed by atoms with Gasteiger partial charge in [0.1, 0.15) is 6.10 Å². The Morgan fingerprint density at radius 1 is 1.29 bits per heavy atom. The number of hydrogen-bond acceptors (Lipinski definition) is 3. The molecule has 2 atom stereocenters. The van der Waals surface area contributed by atoms with Crippen molar-refractivity contribution >= 4 is 5.91 Å². The number of aliphatic hydroxyl groups is 2. The van der Waals surface area contributed by atoms with Crippen molar-refractivity contribution in [2.75, 3.05) is 0 Å². The fourth-order valence-corrected chi connectivity index (χ4v) is 1.53. The van der Waals surface area contributed by atoms with Crippen molar-refractivity contribution in [3.05, 3.63) is 35.4 Å². The van der Waals surface area contributed by atoms with E-state index in [1.54, 1.807) is 18.2 Å². The molecule has 0 aliphatic rings. The van der Waals surface area contributed by atoms with Gasteiger partial charge in [0.05, 0.1) is 0 Å². The molecule has 0 heterocycles. The van der Waals surface area contributed by atoms with Gasteiger partial charge >= 0.3 is 0 Å². The lowest BCUT2D eigenvalue weighted by Crippen LogP contribution is -2.34. The largest absolute Gasteiger partial charge is 0.385 e. The molecule has 0 bridgehead atoms. The molecule has 4 nitrogen and oxygen atoms in total. The van der Waals surface area contributed by atoms with E-state index in [1.165, 1.54) is 0 Å². The van der Waals surface area contributed by atoms with Gasteiger partial charge in [0.2, 0.25) is 5.91 Å². The van der Waals surface area contributed by atoms with Crippen molar-refractivity contribution in [3.8, 4) is 0 Å². The molecule has 0 radical (unpaired) electrons. The molecule has 94 valence electrons. The summed E-state index contributed by atoms with van der Waals surface area (Å²) < 4.78 is 0. The van der Waals surface area contributed by atoms with Crippen molar-refractivity contribution in [1.29, 1.82) is 0 Å². The van der Waals surface area contributed by atoms with Crippen LogP contribution >= 0.6 is 0 Å². The first-order chi connectivity index (χ1) is 7.73. The Bertz CT molecular complexity index is 409. The second-order valence-corrected chi connectivity index (χ2v) is 5.17. The molecule has 4 heteroatoms. The van der Waals surface area contributed by atoms with Gasteiger partial charge in [-0.2, -0.15) is 0 Å². The minimum absolute atomic E-state index is 0.0621. The summed E-state index contributed by atoms with van der Waals surface area (Å²) in [5, 5.41) is 19.2. The van der Waals surface area contributed by atoms with Crippen LogP contribution in [-0.4, -0.2) is 22.2 Å². The van der Waals surface area contributed by atoms with Gasteiger partial charge in [-0.1, -0.05) is 45.0 Å². The Kier molecular flexibility index (Phi) is 3.91. The first-order valence-corrected chi connectivity index (χ1v) is 5.49. The van der Waals surface area contributed by atoms with Crippen LogP contribution in [0.3, 0.4) is 0 Å². The van der Waals surface area contributed by atoms with Crippen LogP contribution in [0.5, 0.6) is 0 Å². The Labute approximate surface area is 101 Å². The number of amides is 1. The van der Waals surface area contributed by atoms with Gasteiger partial charge in [-0.25, -0.2) is 0 Å². The van der Waals surface area contributed by atoms with Crippen LogP contribution in [0, 0.1) is 0 Å². The molecule has 0 fully saturated rings. The Morgan fingerprint density at radius 2 is 1.88 bits per heavy atom. The number of carbonyl (C=O) groups is 1. The first kappa shape index (κ1) is 13.7. The van der Waals surface area contributed by atoms with Gasteiger partial charge in [0, 0.05) is 0 Å². The fraction of sp³-hybridized carbons (Fsp3) is 0.462. The number of aliphatic hydroxyl groups excluding tert-OH is 2. The molecule has 1 aromatic carbocycles. The van der Waals surface area contributed by atoms with Crippen LogP contribution < -0.4 is 5.73 Å². The van der Waals surface area contributed by atoms with Gasteiger partial charge in [0.25, 0.3) is 0 Å². The molecule has 0 aromatic heterocycles. The van der Waals surface area contributed by atoms with Gasteiger partial charge in [-0.05, 0) is 16.5 Å². The molecule has 0 aliphatic carbocycles. The summed E-state index contributed by atoms with van der Waals surface area (Å²) in [6.07, 6.45) is -2.86. The van der Waals surface area contributed by atoms with Crippen LogP contribution in [0.15, 0.2) is 24.3 Å². The van der Waals surface area contributed by atoms with E-state index in [0.29, 0.717) is 5.56 Å². The van der Waals surface area contributed by atoms with E-state index in [-0.39, 0.29) is 5.41 Å². The summed E-state index contributed by atoms with van der Waals surface area (Å²) in [7, 11) is 0. The zero-order chi connectivity index (χ0) is 13.2. The van der Waals surface area contributed by atoms with Crippen LogP contribution in [0.4, 0.5) is 0 Å². The summed E-state index contributed by atoms with van der Waals surface area (Å²) in [5.41, 5.74) is 6.40. The maximum Gasteiger partial charge on any atom is 0.249 e. The van der Waals surface area contributed by atoms with E-state index in [4.69, 9.17) is 5.73 Å². The molecule has 0 aliphatic heterocycles. The van der Waals surface area contributed by atoms with Crippen LogP contribution in [-0.2, 0) is 10.2 Å². The van der Waals surface area contributed by atoms with Crippen molar-refractivity contribution in [2.45, 2.75) is 38.4 Å². The quantitative estimate of drug-likeness (QED) is 0.729. The first-order valence-electron chi connectivity index (χ1n) is 5.49. The highest BCUT2D eigenvalue weighted by atomic mass is 16.3. The van der Waals surface area contributed by atoms with Crippen LogP contribution in [0.1, 0.15) is 38.0 Å². The number of nitrogens with two attached hydrogens (primary N) is 1. The van der Waals surface area contributed by atoms with E-state index >= 15 is 0 Å². The number of benzene rings is 1. The van der Waals surface area contributed by atoms with Gasteiger partial charge < -0.3 is 15.9 Å². The molecule has 17 heavy (non-hydrogen) atoms. The van der Waals surface area contributed by atoms with Crippen LogP contribution in [0.25, 0.3) is 0 Å². The summed E-state index contributed by atoms with van der Waals surface area (Å²) in [6.45, 7) is 6.13. The Balaban J connectivity index is 3.04. The number of hydrogen-bond donors (Lipinski definition) is 3. The maximum atomic E-state index is 10.8. The van der Waals surface area contributed by atoms with E-state index in [2.05, 4.69) is 0 Å². The summed E-state index contributed by atoms with van der Waals surface area (Å²) in [4.78, 5) is 10.8. The second-order valence-electron chi connectivity index (χ2n) is 5.17. The molecule has 0 saturated heterocycles. The lowest BCUT2D eigenvalue weighted by Gasteiger charge is -2.22. The molecule has 1 rings (SSSR count). The third-order valence-corrected chi connectivity index (χ3v) is 2.68.